The molecule has 0 aliphatic carbocycles. The van der Waals surface area contributed by atoms with E-state index in [0.717, 1.165) is 37.8 Å². The predicted molar refractivity (Wildman–Crippen MR) is 107 cm³/mol. The molecule has 2 aromatic rings. The lowest BCUT2D eigenvalue weighted by molar-refractivity contribution is -0.127. The topological polar surface area (TPSA) is 108 Å². The second kappa shape index (κ2) is 8.28. The average Bonchev–Trinajstić information content (AvgIpc) is 2.70. The molecule has 2 aromatic heterocycles. The predicted octanol–water partition coefficient (Wildman–Crippen LogP) is 0.917. The van der Waals surface area contributed by atoms with Gasteiger partial charge in [0.1, 0.15) is 0 Å². The number of carbonyl (C=O) groups is 1. The molecule has 150 valence electrons. The van der Waals surface area contributed by atoms with Gasteiger partial charge >= 0.3 is 0 Å². The van der Waals surface area contributed by atoms with Crippen LogP contribution in [-0.2, 0) is 9.53 Å². The number of anilines is 1. The third-order valence-corrected chi connectivity index (χ3v) is 5.60. The van der Waals surface area contributed by atoms with E-state index >= 15 is 0 Å². The highest BCUT2D eigenvalue weighted by molar-refractivity contribution is 5.89. The van der Waals surface area contributed by atoms with Crippen LogP contribution >= 0.6 is 0 Å². The minimum atomic E-state index is -0.218. The first-order valence-corrected chi connectivity index (χ1v) is 9.96. The van der Waals surface area contributed by atoms with Gasteiger partial charge < -0.3 is 25.7 Å². The van der Waals surface area contributed by atoms with Gasteiger partial charge in [0.25, 0.3) is 5.56 Å². The number of amides is 1. The minimum absolute atomic E-state index is 0.0322. The van der Waals surface area contributed by atoms with E-state index in [2.05, 4.69) is 25.9 Å². The van der Waals surface area contributed by atoms with Gasteiger partial charge in [0, 0.05) is 36.3 Å². The number of piperidine rings is 1. The lowest BCUT2D eigenvalue weighted by Gasteiger charge is -2.34. The Morgan fingerprint density at radius 2 is 2.25 bits per heavy atom. The Hall–Kier alpha value is -2.45. The van der Waals surface area contributed by atoms with Crippen LogP contribution in [0, 0.1) is 12.8 Å². The highest BCUT2D eigenvalue weighted by Crippen LogP contribution is 2.23. The third-order valence-electron chi connectivity index (χ3n) is 5.60. The van der Waals surface area contributed by atoms with Crippen LogP contribution in [0.25, 0.3) is 10.9 Å². The number of pyridine rings is 2. The van der Waals surface area contributed by atoms with Crippen LogP contribution in [0.3, 0.4) is 0 Å². The molecule has 0 aromatic carbocycles. The maximum absolute atomic E-state index is 12.9. The Balaban J connectivity index is 1.53. The first-order chi connectivity index (χ1) is 13.6. The van der Waals surface area contributed by atoms with E-state index in [1.807, 2.05) is 12.1 Å². The fourth-order valence-corrected chi connectivity index (χ4v) is 3.99. The fraction of sp³-hybridized carbons (Fsp3) is 0.550. The number of H-pyrrole nitrogens is 1. The maximum atomic E-state index is 12.9. The smallest absolute Gasteiger partial charge is 0.251 e. The molecular formula is C20H27N5O3. The molecule has 2 aliphatic heterocycles. The summed E-state index contributed by atoms with van der Waals surface area (Å²) in [6.45, 7) is 4.57. The first kappa shape index (κ1) is 18.9. The van der Waals surface area contributed by atoms with Crippen molar-refractivity contribution in [2.24, 2.45) is 5.92 Å². The van der Waals surface area contributed by atoms with Crippen LogP contribution in [0.4, 0.5) is 5.82 Å². The molecule has 0 unspecified atom stereocenters. The Labute approximate surface area is 163 Å². The standard InChI is InChI=1S/C20H27N5O3/c1-12-9-13-4-7-22-18(17(13)25-19(12)26)24-16-5-6-21-10-15(16)20(27)23-14-3-2-8-28-11-14/h4,7,9,14-16,21H,2-3,5-6,8,10-11H2,1H3,(H,22,24)(H,23,27)(H,25,26)/t14-,15+,16+/m0/s1. The molecule has 4 heterocycles. The van der Waals surface area contributed by atoms with Gasteiger partial charge in [0.2, 0.25) is 5.91 Å². The lowest BCUT2D eigenvalue weighted by Crippen LogP contribution is -2.53. The number of aromatic amines is 1. The highest BCUT2D eigenvalue weighted by atomic mass is 16.5. The number of nitrogens with zero attached hydrogens (tertiary/aromatic N) is 1. The number of nitrogens with one attached hydrogen (secondary N) is 4. The first-order valence-electron chi connectivity index (χ1n) is 9.96. The molecule has 0 saturated carbocycles. The molecule has 3 atom stereocenters. The quantitative estimate of drug-likeness (QED) is 0.623. The molecule has 0 bridgehead atoms. The van der Waals surface area contributed by atoms with E-state index in [4.69, 9.17) is 4.74 Å². The van der Waals surface area contributed by atoms with Crippen LogP contribution < -0.4 is 21.5 Å². The molecule has 0 radical (unpaired) electrons. The van der Waals surface area contributed by atoms with Crippen molar-refractivity contribution in [2.75, 3.05) is 31.6 Å². The zero-order valence-electron chi connectivity index (χ0n) is 16.1. The van der Waals surface area contributed by atoms with Gasteiger partial charge in [-0.2, -0.15) is 0 Å². The lowest BCUT2D eigenvalue weighted by atomic mass is 9.91. The second-order valence-electron chi connectivity index (χ2n) is 7.68. The van der Waals surface area contributed by atoms with Crippen molar-refractivity contribution in [3.63, 3.8) is 0 Å². The van der Waals surface area contributed by atoms with E-state index in [0.29, 0.717) is 30.0 Å². The van der Waals surface area contributed by atoms with Crippen LogP contribution in [0.15, 0.2) is 23.1 Å². The molecule has 8 nitrogen and oxygen atoms in total. The molecule has 2 saturated heterocycles. The summed E-state index contributed by atoms with van der Waals surface area (Å²) in [5, 5.41) is 10.8. The van der Waals surface area contributed by atoms with Gasteiger partial charge in [0.05, 0.1) is 24.1 Å². The molecule has 8 heteroatoms. The van der Waals surface area contributed by atoms with Crippen molar-refractivity contribution in [3.8, 4) is 0 Å². The third kappa shape index (κ3) is 4.02. The van der Waals surface area contributed by atoms with Crippen molar-refractivity contribution in [3.05, 3.63) is 34.2 Å². The molecule has 4 N–H and O–H groups in total. The number of rotatable bonds is 4. The van der Waals surface area contributed by atoms with Crippen molar-refractivity contribution < 1.29 is 9.53 Å². The molecule has 4 rings (SSSR count). The molecule has 0 spiro atoms. The zero-order chi connectivity index (χ0) is 19.5. The van der Waals surface area contributed by atoms with Crippen molar-refractivity contribution in [2.45, 2.75) is 38.3 Å². The van der Waals surface area contributed by atoms with Gasteiger partial charge in [0.15, 0.2) is 5.82 Å². The normalized spacial score (nSPS) is 25.4. The minimum Gasteiger partial charge on any atom is -0.379 e. The van der Waals surface area contributed by atoms with Crippen LogP contribution in [0.2, 0.25) is 0 Å². The molecule has 1 amide bonds. The van der Waals surface area contributed by atoms with Gasteiger partial charge in [-0.05, 0) is 44.9 Å². The van der Waals surface area contributed by atoms with E-state index < -0.39 is 0 Å². The SMILES string of the molecule is Cc1cc2ccnc(N[C@@H]3CCNC[C@H]3C(=O)N[C@H]3CCCOC3)c2[nH]c1=O. The summed E-state index contributed by atoms with van der Waals surface area (Å²) < 4.78 is 5.47. The van der Waals surface area contributed by atoms with Gasteiger partial charge in [-0.1, -0.05) is 0 Å². The zero-order valence-corrected chi connectivity index (χ0v) is 16.1. The Bertz CT molecular complexity index is 906. The van der Waals surface area contributed by atoms with Gasteiger partial charge in [-0.3, -0.25) is 9.59 Å². The molecular weight excluding hydrogens is 358 g/mol. The van der Waals surface area contributed by atoms with E-state index in [-0.39, 0.29) is 29.5 Å². The number of aryl methyl sites for hydroxylation is 1. The Kier molecular flexibility index (Phi) is 5.59. The number of aromatic nitrogens is 2. The monoisotopic (exact) mass is 385 g/mol. The molecule has 2 fully saturated rings. The molecule has 28 heavy (non-hydrogen) atoms. The van der Waals surface area contributed by atoms with E-state index in [1.54, 1.807) is 13.1 Å². The van der Waals surface area contributed by atoms with Crippen LogP contribution in [0.5, 0.6) is 0 Å². The van der Waals surface area contributed by atoms with Crippen LogP contribution in [0.1, 0.15) is 24.8 Å². The molecule has 2 aliphatic rings. The largest absolute Gasteiger partial charge is 0.379 e. The summed E-state index contributed by atoms with van der Waals surface area (Å²) in [6, 6.07) is 3.75. The Morgan fingerprint density at radius 3 is 3.07 bits per heavy atom. The second-order valence-corrected chi connectivity index (χ2v) is 7.68. The van der Waals surface area contributed by atoms with Crippen molar-refractivity contribution in [1.82, 2.24) is 20.6 Å². The maximum Gasteiger partial charge on any atom is 0.251 e. The Morgan fingerprint density at radius 1 is 1.36 bits per heavy atom. The van der Waals surface area contributed by atoms with Crippen LogP contribution in [-0.4, -0.2) is 54.3 Å². The fourth-order valence-electron chi connectivity index (χ4n) is 3.99. The number of fused-ring (bicyclic) bond motifs is 1. The average molecular weight is 385 g/mol. The number of carbonyl (C=O) groups excluding carboxylic acids is 1. The van der Waals surface area contributed by atoms with E-state index in [1.165, 1.54) is 0 Å². The number of ether oxygens (including phenoxy) is 1. The van der Waals surface area contributed by atoms with Gasteiger partial charge in [-0.15, -0.1) is 0 Å². The summed E-state index contributed by atoms with van der Waals surface area (Å²) in [6.07, 6.45) is 4.45. The summed E-state index contributed by atoms with van der Waals surface area (Å²) in [4.78, 5) is 32.3. The van der Waals surface area contributed by atoms with Crippen molar-refractivity contribution >= 4 is 22.6 Å². The highest BCUT2D eigenvalue weighted by Gasteiger charge is 2.33. The van der Waals surface area contributed by atoms with Crippen molar-refractivity contribution in [1.29, 1.82) is 0 Å². The van der Waals surface area contributed by atoms with Gasteiger partial charge in [-0.25, -0.2) is 4.98 Å². The summed E-state index contributed by atoms with van der Waals surface area (Å²) in [5.41, 5.74) is 1.22. The number of hydrogen-bond donors (Lipinski definition) is 4. The summed E-state index contributed by atoms with van der Waals surface area (Å²) in [5.74, 6) is 0.426. The summed E-state index contributed by atoms with van der Waals surface area (Å²) >= 11 is 0. The summed E-state index contributed by atoms with van der Waals surface area (Å²) in [7, 11) is 0. The van der Waals surface area contributed by atoms with E-state index in [9.17, 15) is 9.59 Å². The number of hydrogen-bond acceptors (Lipinski definition) is 6.